The van der Waals surface area contributed by atoms with E-state index in [-0.39, 0.29) is 0 Å². The molecule has 31 heavy (non-hydrogen) atoms. The smallest absolute Gasteiger partial charge is 0.319 e. The number of anilines is 2. The van der Waals surface area contributed by atoms with Gasteiger partial charge in [-0.25, -0.2) is 18.6 Å². The van der Waals surface area contributed by atoms with Crippen molar-refractivity contribution in [3.63, 3.8) is 0 Å². The summed E-state index contributed by atoms with van der Waals surface area (Å²) >= 11 is 0. The summed E-state index contributed by atoms with van der Waals surface area (Å²) in [4.78, 5) is 16.4. The number of alkyl halides is 2. The third kappa shape index (κ3) is 4.63. The molecule has 2 aromatic heterocycles. The predicted molar refractivity (Wildman–Crippen MR) is 118 cm³/mol. The molecule has 4 rings (SSSR count). The van der Waals surface area contributed by atoms with Gasteiger partial charge in [0.05, 0.1) is 18.4 Å². The van der Waals surface area contributed by atoms with Crippen LogP contribution < -0.4 is 16.4 Å². The second-order valence-corrected chi connectivity index (χ2v) is 7.33. The summed E-state index contributed by atoms with van der Waals surface area (Å²) in [6, 6.07) is 18.0. The second kappa shape index (κ2) is 8.06. The number of para-hydroxylation sites is 1. The molecule has 4 N–H and O–H groups in total. The quantitative estimate of drug-likeness (QED) is 0.395. The lowest BCUT2D eigenvalue weighted by molar-refractivity contribution is 0.0257. The van der Waals surface area contributed by atoms with E-state index >= 15 is 0 Å². The average Bonchev–Trinajstić information content (AvgIpc) is 3.16. The van der Waals surface area contributed by atoms with Crippen LogP contribution in [0.1, 0.15) is 6.92 Å². The van der Waals surface area contributed by atoms with Crippen LogP contribution in [0, 0.1) is 0 Å². The van der Waals surface area contributed by atoms with E-state index in [0.29, 0.717) is 11.4 Å². The first kappa shape index (κ1) is 20.3. The Hall–Kier alpha value is -3.94. The molecular weight excluding hydrogens is 400 g/mol. The molecule has 0 atom stereocenters. The van der Waals surface area contributed by atoms with Crippen LogP contribution in [0.15, 0.2) is 73.1 Å². The number of aromatic nitrogens is 2. The number of nitrogens with zero attached hydrogens (tertiary/aromatic N) is 2. The topological polar surface area (TPSA) is 84.5 Å². The molecule has 6 nitrogen and oxygen atoms in total. The lowest BCUT2D eigenvalue weighted by atomic mass is 10.1. The highest BCUT2D eigenvalue weighted by atomic mass is 19.3. The van der Waals surface area contributed by atoms with Crippen molar-refractivity contribution in [2.75, 3.05) is 17.6 Å². The number of nitrogens with two attached hydrogens (primary N) is 1. The number of hydrogen-bond donors (Lipinski definition) is 3. The first-order chi connectivity index (χ1) is 14.8. The molecule has 0 aliphatic rings. The monoisotopic (exact) mass is 421 g/mol. The van der Waals surface area contributed by atoms with Gasteiger partial charge in [0.1, 0.15) is 5.65 Å². The Morgan fingerprint density at radius 3 is 2.68 bits per heavy atom. The number of nitrogen functional groups attached to an aromatic ring is 1. The van der Waals surface area contributed by atoms with E-state index < -0.39 is 18.5 Å². The van der Waals surface area contributed by atoms with Gasteiger partial charge in [-0.1, -0.05) is 30.3 Å². The number of urea groups is 1. The van der Waals surface area contributed by atoms with Crippen molar-refractivity contribution >= 4 is 23.1 Å². The predicted octanol–water partition coefficient (Wildman–Crippen LogP) is 5.03. The van der Waals surface area contributed by atoms with Crippen LogP contribution in [0.3, 0.4) is 0 Å². The molecule has 0 aliphatic heterocycles. The van der Waals surface area contributed by atoms with Crippen molar-refractivity contribution in [3.8, 4) is 22.4 Å². The zero-order valence-corrected chi connectivity index (χ0v) is 16.8. The van der Waals surface area contributed by atoms with Crippen molar-refractivity contribution in [2.45, 2.75) is 12.8 Å². The van der Waals surface area contributed by atoms with E-state index in [1.165, 1.54) is 0 Å². The molecule has 0 radical (unpaired) electrons. The summed E-state index contributed by atoms with van der Waals surface area (Å²) < 4.78 is 27.8. The van der Waals surface area contributed by atoms with Gasteiger partial charge >= 0.3 is 6.03 Å². The van der Waals surface area contributed by atoms with Crippen LogP contribution >= 0.6 is 0 Å². The summed E-state index contributed by atoms with van der Waals surface area (Å²) in [5.41, 5.74) is 11.5. The highest BCUT2D eigenvalue weighted by Crippen LogP contribution is 2.29. The Balaban J connectivity index is 1.59. The number of halogens is 2. The van der Waals surface area contributed by atoms with Gasteiger partial charge in [0.25, 0.3) is 5.92 Å². The Morgan fingerprint density at radius 1 is 1.10 bits per heavy atom. The lowest BCUT2D eigenvalue weighted by Gasteiger charge is -2.13. The summed E-state index contributed by atoms with van der Waals surface area (Å²) in [6.07, 6.45) is 3.65. The number of pyridine rings is 1. The van der Waals surface area contributed by atoms with Gasteiger partial charge in [0.15, 0.2) is 0 Å². The maximum absolute atomic E-state index is 12.9. The molecule has 0 unspecified atom stereocenters. The molecule has 2 heterocycles. The minimum absolute atomic E-state index is 0.484. The fourth-order valence-corrected chi connectivity index (χ4v) is 3.29. The first-order valence-electron chi connectivity index (χ1n) is 9.65. The Kier molecular flexibility index (Phi) is 5.29. The van der Waals surface area contributed by atoms with Crippen molar-refractivity contribution in [2.24, 2.45) is 0 Å². The molecule has 4 aromatic rings. The normalized spacial score (nSPS) is 11.5. The molecule has 0 aliphatic carbocycles. The van der Waals surface area contributed by atoms with E-state index in [1.807, 2.05) is 53.1 Å². The number of hydrogen-bond acceptors (Lipinski definition) is 3. The van der Waals surface area contributed by atoms with E-state index in [0.717, 1.165) is 35.0 Å². The zero-order valence-electron chi connectivity index (χ0n) is 16.8. The number of rotatable bonds is 5. The number of carbonyl (C=O) groups is 1. The molecule has 0 saturated carbocycles. The summed E-state index contributed by atoms with van der Waals surface area (Å²) in [7, 11) is 0. The Labute approximate surface area is 177 Å². The third-order valence-electron chi connectivity index (χ3n) is 4.76. The number of imidazole rings is 1. The number of nitrogens with one attached hydrogen (secondary N) is 2. The third-order valence-corrected chi connectivity index (χ3v) is 4.76. The highest BCUT2D eigenvalue weighted by molar-refractivity contribution is 5.90. The highest BCUT2D eigenvalue weighted by Gasteiger charge is 2.21. The average molecular weight is 421 g/mol. The SMILES string of the molecule is CC(F)(F)CNC(=O)Nc1cccc(-c2cnc3cc(-c4ccccc4N)ccn23)c1. The standard InChI is InChI=1S/C23H21F2N5O/c1-23(24,25)14-28-22(31)29-17-6-4-5-16(11-17)20-13-27-21-12-15(9-10-30(20)21)18-7-2-3-8-19(18)26/h2-13H,14,26H2,1H3,(H2,28,29,31). The van der Waals surface area contributed by atoms with Crippen molar-refractivity contribution in [3.05, 3.63) is 73.1 Å². The summed E-state index contributed by atoms with van der Waals surface area (Å²) in [5.74, 6) is -2.97. The number of carbonyl (C=O) groups excluding carboxylic acids is 1. The van der Waals surface area contributed by atoms with E-state index in [9.17, 15) is 13.6 Å². The van der Waals surface area contributed by atoms with Crippen LogP contribution in [0.25, 0.3) is 28.0 Å². The van der Waals surface area contributed by atoms with E-state index in [1.54, 1.807) is 24.4 Å². The van der Waals surface area contributed by atoms with Gasteiger partial charge in [-0.15, -0.1) is 0 Å². The van der Waals surface area contributed by atoms with Gasteiger partial charge < -0.3 is 16.4 Å². The maximum atomic E-state index is 12.9. The van der Waals surface area contributed by atoms with Gasteiger partial charge in [0, 0.05) is 35.6 Å². The first-order valence-corrected chi connectivity index (χ1v) is 9.65. The molecule has 0 bridgehead atoms. The minimum atomic E-state index is -2.97. The number of fused-ring (bicyclic) bond motifs is 1. The van der Waals surface area contributed by atoms with Crippen LogP contribution in [0.4, 0.5) is 25.0 Å². The molecule has 2 amide bonds. The maximum Gasteiger partial charge on any atom is 0.319 e. The largest absolute Gasteiger partial charge is 0.398 e. The fourth-order valence-electron chi connectivity index (χ4n) is 3.29. The van der Waals surface area contributed by atoms with Crippen molar-refractivity contribution in [1.29, 1.82) is 0 Å². The van der Waals surface area contributed by atoms with Crippen LogP contribution in [0.5, 0.6) is 0 Å². The minimum Gasteiger partial charge on any atom is -0.398 e. The molecular formula is C23H21F2N5O. The number of amides is 2. The molecule has 8 heteroatoms. The van der Waals surface area contributed by atoms with Gasteiger partial charge in [-0.05, 0) is 35.9 Å². The lowest BCUT2D eigenvalue weighted by Crippen LogP contribution is -2.37. The zero-order chi connectivity index (χ0) is 22.0. The van der Waals surface area contributed by atoms with Crippen LogP contribution in [-0.2, 0) is 0 Å². The molecule has 2 aromatic carbocycles. The second-order valence-electron chi connectivity index (χ2n) is 7.33. The summed E-state index contributed by atoms with van der Waals surface area (Å²) in [5, 5.41) is 4.73. The molecule has 0 fully saturated rings. The van der Waals surface area contributed by atoms with Crippen molar-refractivity contribution < 1.29 is 13.6 Å². The summed E-state index contributed by atoms with van der Waals surface area (Å²) in [6.45, 7) is 0.0101. The van der Waals surface area contributed by atoms with Gasteiger partial charge in [0.2, 0.25) is 0 Å². The fraction of sp³-hybridized carbons (Fsp3) is 0.130. The molecule has 0 spiro atoms. The Bertz CT molecular complexity index is 1250. The van der Waals surface area contributed by atoms with Gasteiger partial charge in [-0.2, -0.15) is 0 Å². The van der Waals surface area contributed by atoms with Gasteiger partial charge in [-0.3, -0.25) is 4.40 Å². The number of benzene rings is 2. The molecule has 158 valence electrons. The molecule has 0 saturated heterocycles. The Morgan fingerprint density at radius 2 is 1.90 bits per heavy atom. The van der Waals surface area contributed by atoms with E-state index in [4.69, 9.17) is 5.73 Å². The van der Waals surface area contributed by atoms with E-state index in [2.05, 4.69) is 15.6 Å². The van der Waals surface area contributed by atoms with Crippen LogP contribution in [-0.4, -0.2) is 27.9 Å². The van der Waals surface area contributed by atoms with Crippen LogP contribution in [0.2, 0.25) is 0 Å². The van der Waals surface area contributed by atoms with Crippen molar-refractivity contribution in [1.82, 2.24) is 14.7 Å².